The molecule has 3 unspecified atom stereocenters. The molecule has 2 aliphatic heterocycles. The normalized spacial score (nSPS) is 49.2. The number of allylic oxidation sites excluding steroid dienone is 3. The largest absolute Gasteiger partial charge is 0.459 e. The monoisotopic (exact) mass is 428 g/mol. The van der Waals surface area contributed by atoms with E-state index < -0.39 is 0 Å². The summed E-state index contributed by atoms with van der Waals surface area (Å²) in [5, 5.41) is 0. The summed E-state index contributed by atoms with van der Waals surface area (Å²) in [5.74, 6) is 2.07. The lowest BCUT2D eigenvalue weighted by molar-refractivity contribution is -0.147. The third-order valence-corrected chi connectivity index (χ3v) is 10.0. The van der Waals surface area contributed by atoms with Crippen molar-refractivity contribution in [2.45, 2.75) is 84.4 Å². The summed E-state index contributed by atoms with van der Waals surface area (Å²) >= 11 is 0. The highest BCUT2D eigenvalue weighted by Gasteiger charge is 2.67. The van der Waals surface area contributed by atoms with E-state index in [0.717, 1.165) is 19.6 Å². The van der Waals surface area contributed by atoms with Crippen molar-refractivity contribution in [2.75, 3.05) is 13.2 Å². The van der Waals surface area contributed by atoms with Crippen LogP contribution in [0.2, 0.25) is 0 Å². The highest BCUT2D eigenvalue weighted by atomic mass is 16.7. The van der Waals surface area contributed by atoms with E-state index in [0.29, 0.717) is 29.1 Å². The second-order valence-corrected chi connectivity index (χ2v) is 11.3. The Hall–Kier alpha value is -1.17. The number of hydrogen-bond donors (Lipinski definition) is 0. The predicted molar refractivity (Wildman–Crippen MR) is 115 cm³/mol. The summed E-state index contributed by atoms with van der Waals surface area (Å²) in [6, 6.07) is 0. The highest BCUT2D eigenvalue weighted by Crippen LogP contribution is 2.68. The van der Waals surface area contributed by atoms with Gasteiger partial charge in [0.1, 0.15) is 12.2 Å². The van der Waals surface area contributed by atoms with Gasteiger partial charge in [-0.2, -0.15) is 0 Å². The van der Waals surface area contributed by atoms with Crippen LogP contribution in [0.3, 0.4) is 0 Å². The second-order valence-electron chi connectivity index (χ2n) is 11.3. The van der Waals surface area contributed by atoms with Gasteiger partial charge in [-0.25, -0.2) is 0 Å². The van der Waals surface area contributed by atoms with E-state index >= 15 is 0 Å². The molecular formula is C26H36O5. The average Bonchev–Trinajstić information content (AvgIpc) is 3.21. The third-order valence-electron chi connectivity index (χ3n) is 10.0. The molecule has 2 heterocycles. The predicted octanol–water partition coefficient (Wildman–Crippen LogP) is 4.41. The first-order valence-corrected chi connectivity index (χ1v) is 12.3. The lowest BCUT2D eigenvalue weighted by Gasteiger charge is -2.54. The molecule has 0 spiro atoms. The van der Waals surface area contributed by atoms with Crippen LogP contribution in [0.1, 0.15) is 59.8 Å². The van der Waals surface area contributed by atoms with Gasteiger partial charge in [0.15, 0.2) is 6.29 Å². The minimum atomic E-state index is -0.203. The second kappa shape index (κ2) is 6.91. The van der Waals surface area contributed by atoms with Gasteiger partial charge in [-0.05, 0) is 48.9 Å². The Kier molecular flexibility index (Phi) is 4.56. The number of hydrogen-bond acceptors (Lipinski definition) is 5. The van der Waals surface area contributed by atoms with Crippen molar-refractivity contribution in [1.29, 1.82) is 0 Å². The summed E-state index contributed by atoms with van der Waals surface area (Å²) in [4.78, 5) is 11.6. The minimum Gasteiger partial charge on any atom is -0.459 e. The Morgan fingerprint density at radius 3 is 2.65 bits per heavy atom. The zero-order chi connectivity index (χ0) is 21.5. The van der Waals surface area contributed by atoms with Gasteiger partial charge in [0.2, 0.25) is 0 Å². The van der Waals surface area contributed by atoms with Gasteiger partial charge in [0, 0.05) is 24.7 Å². The first-order valence-electron chi connectivity index (χ1n) is 12.3. The molecule has 5 heteroatoms. The van der Waals surface area contributed by atoms with Crippen LogP contribution in [0.5, 0.6) is 0 Å². The average molecular weight is 429 g/mol. The maximum absolute atomic E-state index is 11.6. The number of esters is 1. The Morgan fingerprint density at radius 1 is 1.13 bits per heavy atom. The minimum absolute atomic E-state index is 0.0279. The molecule has 4 aliphatic carbocycles. The fourth-order valence-corrected chi connectivity index (χ4v) is 8.46. The number of ether oxygens (including phenoxy) is 4. The van der Waals surface area contributed by atoms with Crippen molar-refractivity contribution in [3.05, 3.63) is 23.3 Å². The lowest BCUT2D eigenvalue weighted by atomic mass is 9.50. The SMILES string of the molecule is CC(=O)O[C@@H]1CC2=CC=C3C4CC[C@H](C(C)C5OCCO5)[C@@]4(C)CCC3[C@@]2(C)[C@H]2O[C@@H]12. The summed E-state index contributed by atoms with van der Waals surface area (Å²) in [7, 11) is 0. The zero-order valence-electron chi connectivity index (χ0n) is 19.3. The molecule has 0 N–H and O–H groups in total. The van der Waals surface area contributed by atoms with Crippen LogP contribution in [0.4, 0.5) is 0 Å². The molecule has 3 saturated carbocycles. The van der Waals surface area contributed by atoms with Crippen molar-refractivity contribution in [2.24, 2.45) is 34.5 Å². The Bertz CT molecular complexity index is 841. The Balaban J connectivity index is 1.29. The molecule has 31 heavy (non-hydrogen) atoms. The number of epoxide rings is 1. The summed E-state index contributed by atoms with van der Waals surface area (Å²) in [6.07, 6.45) is 10.7. The van der Waals surface area contributed by atoms with Gasteiger partial charge >= 0.3 is 5.97 Å². The Morgan fingerprint density at radius 2 is 1.90 bits per heavy atom. The molecule has 0 radical (unpaired) electrons. The van der Waals surface area contributed by atoms with Gasteiger partial charge in [-0.3, -0.25) is 4.79 Å². The van der Waals surface area contributed by atoms with E-state index in [1.807, 2.05) is 0 Å². The summed E-state index contributed by atoms with van der Waals surface area (Å²) < 4.78 is 23.6. The van der Waals surface area contributed by atoms with Crippen molar-refractivity contribution in [1.82, 2.24) is 0 Å². The number of rotatable bonds is 3. The molecule has 6 rings (SSSR count). The van der Waals surface area contributed by atoms with Crippen LogP contribution in [0.15, 0.2) is 23.3 Å². The fraction of sp³-hybridized carbons (Fsp3) is 0.808. The van der Waals surface area contributed by atoms with Gasteiger partial charge in [0.05, 0.1) is 19.3 Å². The molecule has 0 aromatic carbocycles. The smallest absolute Gasteiger partial charge is 0.303 e. The van der Waals surface area contributed by atoms with E-state index in [4.69, 9.17) is 18.9 Å². The van der Waals surface area contributed by atoms with Gasteiger partial charge in [0.25, 0.3) is 0 Å². The Labute approximate surface area is 185 Å². The van der Waals surface area contributed by atoms with Gasteiger partial charge < -0.3 is 18.9 Å². The molecule has 2 saturated heterocycles. The van der Waals surface area contributed by atoms with Crippen LogP contribution >= 0.6 is 0 Å². The number of carbonyl (C=O) groups is 1. The molecule has 6 aliphatic rings. The summed E-state index contributed by atoms with van der Waals surface area (Å²) in [5.41, 5.74) is 3.44. The van der Waals surface area contributed by atoms with Gasteiger partial charge in [-0.15, -0.1) is 0 Å². The van der Waals surface area contributed by atoms with Crippen molar-refractivity contribution in [3.8, 4) is 0 Å². The number of carbonyl (C=O) groups excluding carboxylic acids is 1. The van der Waals surface area contributed by atoms with E-state index in [9.17, 15) is 4.79 Å². The quantitative estimate of drug-likeness (QED) is 0.492. The molecule has 9 atom stereocenters. The zero-order valence-corrected chi connectivity index (χ0v) is 19.3. The lowest BCUT2D eigenvalue weighted by Crippen LogP contribution is -2.50. The standard InChI is InChI=1S/C26H36O5/c1-14(24-28-11-12-29-24)18-7-8-19-17-6-5-16-13-21(30-15(2)27)22-23(31-22)26(16,4)20(17)9-10-25(18,19)3/h5-6,14,18-24H,7-13H2,1-4H3/t14?,18-,19?,20?,21-,22+,23+,25-,26+/m1/s1. The molecule has 0 aromatic heterocycles. The first-order chi connectivity index (χ1) is 14.8. The molecular weight excluding hydrogens is 392 g/mol. The van der Waals surface area contributed by atoms with Crippen molar-refractivity contribution >= 4 is 5.97 Å². The molecule has 0 aromatic rings. The van der Waals surface area contributed by atoms with Crippen LogP contribution in [0.25, 0.3) is 0 Å². The molecule has 0 bridgehead atoms. The molecule has 170 valence electrons. The highest BCUT2D eigenvalue weighted by molar-refractivity contribution is 5.66. The van der Waals surface area contributed by atoms with E-state index in [2.05, 4.69) is 32.9 Å². The maximum Gasteiger partial charge on any atom is 0.303 e. The fourth-order valence-electron chi connectivity index (χ4n) is 8.46. The topological polar surface area (TPSA) is 57.3 Å². The van der Waals surface area contributed by atoms with E-state index in [1.54, 1.807) is 5.57 Å². The third kappa shape index (κ3) is 2.82. The summed E-state index contributed by atoms with van der Waals surface area (Å²) in [6.45, 7) is 10.3. The van der Waals surface area contributed by atoms with Gasteiger partial charge in [-0.1, -0.05) is 44.1 Å². The van der Waals surface area contributed by atoms with Crippen LogP contribution in [-0.4, -0.2) is 43.8 Å². The van der Waals surface area contributed by atoms with Crippen LogP contribution in [-0.2, 0) is 23.7 Å². The van der Waals surface area contributed by atoms with Crippen molar-refractivity contribution < 1.29 is 23.7 Å². The van der Waals surface area contributed by atoms with Crippen molar-refractivity contribution in [3.63, 3.8) is 0 Å². The van der Waals surface area contributed by atoms with Crippen LogP contribution < -0.4 is 0 Å². The van der Waals surface area contributed by atoms with E-state index in [1.165, 1.54) is 38.2 Å². The molecule has 5 fully saturated rings. The van der Waals surface area contributed by atoms with Crippen LogP contribution in [0, 0.1) is 34.5 Å². The maximum atomic E-state index is 11.6. The van der Waals surface area contributed by atoms with E-state index in [-0.39, 0.29) is 36.0 Å². The molecule has 5 nitrogen and oxygen atoms in total. The first kappa shape index (κ1) is 20.4. The molecule has 0 amide bonds. The number of fused-ring (bicyclic) bond motifs is 7.